The van der Waals surface area contributed by atoms with Crippen LogP contribution in [0.4, 0.5) is 0 Å². The second kappa shape index (κ2) is 15.8. The van der Waals surface area contributed by atoms with Gasteiger partial charge in [0.15, 0.2) is 0 Å². The Morgan fingerprint density at radius 3 is 1.89 bits per heavy atom. The van der Waals surface area contributed by atoms with Crippen molar-refractivity contribution >= 4 is 11.0 Å². The zero-order valence-electron chi connectivity index (χ0n) is 31.9. The molecule has 5 heteroatoms. The zero-order chi connectivity index (χ0) is 38.2. The maximum atomic E-state index is 11.3. The summed E-state index contributed by atoms with van der Waals surface area (Å²) in [6, 6.07) is 62.9. The minimum absolute atomic E-state index is 0. The molecule has 0 spiro atoms. The van der Waals surface area contributed by atoms with Gasteiger partial charge in [0.1, 0.15) is 11.6 Å². The monoisotopic (exact) mass is 904 g/mol. The van der Waals surface area contributed by atoms with E-state index in [0.29, 0.717) is 11.4 Å². The summed E-state index contributed by atoms with van der Waals surface area (Å²) in [5.74, 6) is -0.160. The summed E-state index contributed by atoms with van der Waals surface area (Å²) in [6.07, 6.45) is 1.86. The number of benzene rings is 7. The van der Waals surface area contributed by atoms with Crippen molar-refractivity contribution in [2.45, 2.75) is 19.7 Å². The van der Waals surface area contributed by atoms with E-state index in [1.165, 1.54) is 0 Å². The van der Waals surface area contributed by atoms with Crippen LogP contribution in [0.5, 0.6) is 5.75 Å². The molecule has 4 nitrogen and oxygen atoms in total. The fraction of sp³-hybridized carbons (Fsp3) is 0.0588. The van der Waals surface area contributed by atoms with E-state index in [1.807, 2.05) is 86.8 Å². The van der Waals surface area contributed by atoms with Crippen molar-refractivity contribution in [2.75, 3.05) is 0 Å². The molecule has 0 radical (unpaired) electrons. The summed E-state index contributed by atoms with van der Waals surface area (Å²) < 4.78 is 11.3. The minimum Gasteiger partial charge on any atom is -0.507 e. The van der Waals surface area contributed by atoms with E-state index in [9.17, 15) is 6.48 Å². The van der Waals surface area contributed by atoms with Crippen molar-refractivity contribution < 1.29 is 27.5 Å². The number of phenols is 1. The molecule has 0 atom stereocenters. The molecule has 7 aromatic carbocycles. The van der Waals surface area contributed by atoms with Crippen molar-refractivity contribution in [2.24, 2.45) is 0 Å². The zero-order valence-corrected chi connectivity index (χ0v) is 33.2. The third-order valence-corrected chi connectivity index (χ3v) is 10.1. The molecule has 2 heterocycles. The first-order valence-corrected chi connectivity index (χ1v) is 18.5. The molecule has 0 unspecified atom stereocenters. The van der Waals surface area contributed by atoms with E-state index in [-0.39, 0.29) is 26.8 Å². The molecule has 9 aromatic rings. The van der Waals surface area contributed by atoms with Gasteiger partial charge in [-0.15, -0.1) is 23.8 Å². The number of nitrogens with zero attached hydrogens (tertiary/aromatic N) is 3. The Morgan fingerprint density at radius 1 is 0.571 bits per heavy atom. The van der Waals surface area contributed by atoms with Crippen molar-refractivity contribution in [3.05, 3.63) is 194 Å². The average molecular weight is 905 g/mol. The number of phenolic OH excluding ortho intramolecular Hbond substituents is 1. The summed E-state index contributed by atoms with van der Waals surface area (Å²) in [7, 11) is 0. The number of hydrogen-bond acceptors (Lipinski definition) is 3. The molecule has 1 N–H and O–H groups in total. The molecule has 0 aliphatic heterocycles. The topological polar surface area (TPSA) is 50.9 Å². The Kier molecular flexibility index (Phi) is 9.97. The molecule has 0 aliphatic carbocycles. The Hall–Kier alpha value is -6.35. The Morgan fingerprint density at radius 2 is 1.20 bits per heavy atom. The van der Waals surface area contributed by atoms with Crippen molar-refractivity contribution in [3.63, 3.8) is 0 Å². The van der Waals surface area contributed by atoms with Crippen LogP contribution in [-0.2, 0) is 21.1 Å². The van der Waals surface area contributed by atoms with Crippen LogP contribution in [0.15, 0.2) is 182 Å². The van der Waals surface area contributed by atoms with Crippen LogP contribution in [-0.4, -0.2) is 19.6 Å². The van der Waals surface area contributed by atoms with Crippen LogP contribution in [0, 0.1) is 6.07 Å². The van der Waals surface area contributed by atoms with Gasteiger partial charge < -0.3 is 5.11 Å². The van der Waals surface area contributed by atoms with E-state index in [2.05, 4.69) is 114 Å². The summed E-state index contributed by atoms with van der Waals surface area (Å²) in [5.41, 5.74) is 13.8. The van der Waals surface area contributed by atoms with Gasteiger partial charge in [-0.2, -0.15) is 0 Å². The molecule has 0 saturated carbocycles. The maximum absolute atomic E-state index is 11.3. The standard InChI is InChI=1S/C51H38N3O.Pt/c1-34(2)46-33-42(25-26-43(46)37-19-10-5-11-20-37)54-48-23-14-22-44(50(48)53-51(54)45-21-12-13-24-49(45)55)40-29-39(36-17-8-4-9-18-36)30-41(31-40)47-32-38(27-28-52-47)35-15-6-3-7-16-35;/h3-30,32-34,55H,1-2H3;/q-1;/i34D;. The van der Waals surface area contributed by atoms with Crippen molar-refractivity contribution in [1.82, 2.24) is 14.5 Å². The fourth-order valence-corrected chi connectivity index (χ4v) is 7.41. The summed E-state index contributed by atoms with van der Waals surface area (Å²) >= 11 is 0. The van der Waals surface area contributed by atoms with Gasteiger partial charge in [-0.1, -0.05) is 158 Å². The Labute approximate surface area is 343 Å². The molecule has 0 fully saturated rings. The van der Waals surface area contributed by atoms with E-state index >= 15 is 0 Å². The van der Waals surface area contributed by atoms with Crippen molar-refractivity contribution in [3.8, 4) is 78.6 Å². The molecular weight excluding hydrogens is 866 g/mol. The summed E-state index contributed by atoms with van der Waals surface area (Å²) in [4.78, 5) is 10.2. The van der Waals surface area contributed by atoms with Gasteiger partial charge in [0.05, 0.1) is 16.6 Å². The molecule has 9 rings (SSSR count). The minimum atomic E-state index is -0.896. The molecular formula is C51H38N3OPt-. The molecule has 0 bridgehead atoms. The van der Waals surface area contributed by atoms with Crippen LogP contribution >= 0.6 is 0 Å². The fourth-order valence-electron chi connectivity index (χ4n) is 7.41. The number of hydrogen-bond donors (Lipinski definition) is 1. The van der Waals surface area contributed by atoms with E-state index in [4.69, 9.17) is 9.97 Å². The summed E-state index contributed by atoms with van der Waals surface area (Å²) in [6.45, 7) is 3.84. The molecule has 0 amide bonds. The van der Waals surface area contributed by atoms with Crippen molar-refractivity contribution in [1.29, 1.82) is 0 Å². The first kappa shape index (κ1) is 35.4. The SMILES string of the molecule is [2H]C(C)(C)c1cc(-n2c(-c3ccccc3O)nc3c(-c4[c-]c(-c5cc(-c6ccccc6)ccn5)cc(-c5ccccc5)c4)cccc32)ccc1-c1ccccc1.[Pt]. The third kappa shape index (κ3) is 7.01. The smallest absolute Gasteiger partial charge is 0.148 e. The number of fused-ring (bicyclic) bond motifs is 1. The van der Waals surface area contributed by atoms with Crippen LogP contribution < -0.4 is 0 Å². The van der Waals surface area contributed by atoms with E-state index < -0.39 is 5.89 Å². The van der Waals surface area contributed by atoms with Gasteiger partial charge in [0.25, 0.3) is 0 Å². The quantitative estimate of drug-likeness (QED) is 0.155. The van der Waals surface area contributed by atoms with Crippen LogP contribution in [0.2, 0.25) is 0 Å². The molecule has 0 saturated heterocycles. The Balaban J connectivity index is 0.00000455. The number of rotatable bonds is 8. The number of aromatic nitrogens is 3. The first-order chi connectivity index (χ1) is 27.3. The molecule has 0 aliphatic rings. The molecule has 274 valence electrons. The van der Waals surface area contributed by atoms with Crippen LogP contribution in [0.25, 0.3) is 83.9 Å². The van der Waals surface area contributed by atoms with Gasteiger partial charge in [0.2, 0.25) is 0 Å². The van der Waals surface area contributed by atoms with Gasteiger partial charge >= 0.3 is 0 Å². The number of pyridine rings is 1. The first-order valence-electron chi connectivity index (χ1n) is 19.0. The second-order valence-corrected chi connectivity index (χ2v) is 13.9. The second-order valence-electron chi connectivity index (χ2n) is 13.9. The largest absolute Gasteiger partial charge is 0.507 e. The normalized spacial score (nSPS) is 11.6. The van der Waals surface area contributed by atoms with E-state index in [1.54, 1.807) is 6.07 Å². The van der Waals surface area contributed by atoms with Gasteiger partial charge in [0, 0.05) is 40.0 Å². The number of imidazole rings is 1. The maximum Gasteiger partial charge on any atom is 0.148 e. The van der Waals surface area contributed by atoms with Crippen LogP contribution in [0.3, 0.4) is 0 Å². The number of aromatic hydroxyl groups is 1. The van der Waals surface area contributed by atoms with Crippen LogP contribution in [0.1, 0.15) is 26.7 Å². The predicted molar refractivity (Wildman–Crippen MR) is 226 cm³/mol. The Bertz CT molecular complexity index is 2850. The van der Waals surface area contributed by atoms with E-state index in [0.717, 1.165) is 78.0 Å². The molecule has 2 aromatic heterocycles. The van der Waals surface area contributed by atoms with Gasteiger partial charge in [-0.05, 0) is 75.7 Å². The summed E-state index contributed by atoms with van der Waals surface area (Å²) in [5, 5.41) is 11.3. The van der Waals surface area contributed by atoms with Gasteiger partial charge in [-0.25, -0.2) is 4.98 Å². The third-order valence-electron chi connectivity index (χ3n) is 10.1. The van der Waals surface area contributed by atoms with Gasteiger partial charge in [-0.3, -0.25) is 9.55 Å². The number of para-hydroxylation sites is 2. The molecule has 56 heavy (non-hydrogen) atoms. The predicted octanol–water partition coefficient (Wildman–Crippen LogP) is 13.0. The average Bonchev–Trinajstić information content (AvgIpc) is 3.64.